The molecule has 0 amide bonds. The van der Waals surface area contributed by atoms with Gasteiger partial charge in [0, 0.05) is 13.1 Å². The molecule has 0 aromatic carbocycles. The lowest BCUT2D eigenvalue weighted by Crippen LogP contribution is -2.42. The number of hydrogen-bond acceptors (Lipinski definition) is 1. The van der Waals surface area contributed by atoms with E-state index in [1.807, 2.05) is 0 Å². The first-order valence-electron chi connectivity index (χ1n) is 8.85. The van der Waals surface area contributed by atoms with Gasteiger partial charge in [-0.3, -0.25) is 0 Å². The van der Waals surface area contributed by atoms with Crippen molar-refractivity contribution in [1.82, 2.24) is 4.90 Å². The molecule has 1 nitrogen and oxygen atoms in total. The monoisotopic (exact) mass is 263 g/mol. The molecule has 4 unspecified atom stereocenters. The van der Waals surface area contributed by atoms with Gasteiger partial charge < -0.3 is 4.90 Å². The lowest BCUT2D eigenvalue weighted by atomic mass is 9.69. The zero-order chi connectivity index (χ0) is 13.4. The second-order valence-corrected chi connectivity index (χ2v) is 8.15. The van der Waals surface area contributed by atoms with Crippen molar-refractivity contribution >= 4 is 0 Å². The van der Waals surface area contributed by atoms with Crippen LogP contribution in [0.2, 0.25) is 0 Å². The van der Waals surface area contributed by atoms with Gasteiger partial charge in [-0.2, -0.15) is 0 Å². The minimum Gasteiger partial charge on any atom is -0.303 e. The van der Waals surface area contributed by atoms with Crippen LogP contribution in [0.5, 0.6) is 0 Å². The molecule has 0 spiro atoms. The second kappa shape index (κ2) is 5.76. The highest BCUT2D eigenvalue weighted by molar-refractivity contribution is 4.87. The van der Waals surface area contributed by atoms with Gasteiger partial charge in [-0.1, -0.05) is 33.6 Å². The van der Waals surface area contributed by atoms with Gasteiger partial charge in [-0.15, -0.1) is 0 Å². The van der Waals surface area contributed by atoms with Crippen molar-refractivity contribution < 1.29 is 0 Å². The first-order chi connectivity index (χ1) is 9.13. The normalized spacial score (nSPS) is 48.2. The van der Waals surface area contributed by atoms with Crippen LogP contribution in [0, 0.1) is 35.5 Å². The molecule has 3 aliphatic rings. The highest BCUT2D eigenvalue weighted by Crippen LogP contribution is 2.40. The van der Waals surface area contributed by atoms with E-state index in [0.717, 1.165) is 35.5 Å². The number of likely N-dealkylation sites (tertiary alicyclic amines) is 1. The van der Waals surface area contributed by atoms with E-state index in [4.69, 9.17) is 0 Å². The fraction of sp³-hybridized carbons (Fsp3) is 1.00. The molecule has 1 aliphatic heterocycles. The smallest absolute Gasteiger partial charge is 0.00124 e. The number of nitrogens with zero attached hydrogens (tertiary/aromatic N) is 1. The van der Waals surface area contributed by atoms with Crippen molar-refractivity contribution in [2.75, 3.05) is 19.6 Å². The third-order valence-electron chi connectivity index (χ3n) is 6.85. The molecule has 1 heteroatoms. The summed E-state index contributed by atoms with van der Waals surface area (Å²) in [5.74, 6) is 5.97. The standard InChI is InChI=1S/C18H33N/c1-13-9-16(10-14(2)15(13)3)11-19-8-7-17-5-4-6-18(17)12-19/h13-18H,4-12H2,1-3H3. The fourth-order valence-corrected chi connectivity index (χ4v) is 5.32. The van der Waals surface area contributed by atoms with Gasteiger partial charge in [0.1, 0.15) is 0 Å². The quantitative estimate of drug-likeness (QED) is 0.712. The maximum Gasteiger partial charge on any atom is 0.00124 e. The second-order valence-electron chi connectivity index (χ2n) is 8.15. The Labute approximate surface area is 120 Å². The number of rotatable bonds is 2. The fourth-order valence-electron chi connectivity index (χ4n) is 5.32. The van der Waals surface area contributed by atoms with E-state index in [9.17, 15) is 0 Å². The highest BCUT2D eigenvalue weighted by Gasteiger charge is 2.35. The minimum absolute atomic E-state index is 0.941. The predicted molar refractivity (Wildman–Crippen MR) is 82.1 cm³/mol. The van der Waals surface area contributed by atoms with Crippen LogP contribution < -0.4 is 0 Å². The molecule has 4 atom stereocenters. The average Bonchev–Trinajstić information content (AvgIpc) is 2.83. The Morgan fingerprint density at radius 3 is 2.32 bits per heavy atom. The minimum atomic E-state index is 0.941. The molecule has 19 heavy (non-hydrogen) atoms. The first-order valence-corrected chi connectivity index (χ1v) is 8.85. The summed E-state index contributed by atoms with van der Waals surface area (Å²) in [6.07, 6.45) is 9.03. The van der Waals surface area contributed by atoms with Gasteiger partial charge in [0.15, 0.2) is 0 Å². The molecule has 1 heterocycles. The van der Waals surface area contributed by atoms with Crippen LogP contribution in [0.3, 0.4) is 0 Å². The van der Waals surface area contributed by atoms with Crippen LogP contribution in [0.25, 0.3) is 0 Å². The van der Waals surface area contributed by atoms with Crippen molar-refractivity contribution in [3.05, 3.63) is 0 Å². The zero-order valence-electron chi connectivity index (χ0n) is 13.3. The molecule has 2 saturated carbocycles. The Hall–Kier alpha value is -0.0400. The molecule has 0 aromatic heterocycles. The van der Waals surface area contributed by atoms with Crippen LogP contribution in [-0.4, -0.2) is 24.5 Å². The summed E-state index contributed by atoms with van der Waals surface area (Å²) < 4.78 is 0. The Morgan fingerprint density at radius 1 is 0.895 bits per heavy atom. The van der Waals surface area contributed by atoms with E-state index in [2.05, 4.69) is 25.7 Å². The number of piperidine rings is 1. The Kier molecular flexibility index (Phi) is 4.22. The SMILES string of the molecule is CC1CC(CN2CCC3CCCC3C2)CC(C)C1C. The molecular weight excluding hydrogens is 230 g/mol. The zero-order valence-corrected chi connectivity index (χ0v) is 13.3. The molecule has 0 aromatic rings. The van der Waals surface area contributed by atoms with E-state index in [1.54, 1.807) is 0 Å². The Bertz CT molecular complexity index is 288. The summed E-state index contributed by atoms with van der Waals surface area (Å²) in [5, 5.41) is 0. The Balaban J connectivity index is 1.51. The molecule has 110 valence electrons. The van der Waals surface area contributed by atoms with Gasteiger partial charge in [-0.25, -0.2) is 0 Å². The molecule has 2 aliphatic carbocycles. The van der Waals surface area contributed by atoms with Gasteiger partial charge in [0.25, 0.3) is 0 Å². The lowest BCUT2D eigenvalue weighted by Gasteiger charge is -2.42. The molecule has 0 radical (unpaired) electrons. The summed E-state index contributed by atoms with van der Waals surface area (Å²) in [5.41, 5.74) is 0. The summed E-state index contributed by atoms with van der Waals surface area (Å²) in [6, 6.07) is 0. The van der Waals surface area contributed by atoms with Crippen LogP contribution in [0.4, 0.5) is 0 Å². The molecular formula is C18H33N. The third-order valence-corrected chi connectivity index (χ3v) is 6.85. The van der Waals surface area contributed by atoms with E-state index in [0.29, 0.717) is 0 Å². The van der Waals surface area contributed by atoms with Gasteiger partial charge >= 0.3 is 0 Å². The van der Waals surface area contributed by atoms with Crippen LogP contribution in [0.1, 0.15) is 59.3 Å². The van der Waals surface area contributed by atoms with E-state index >= 15 is 0 Å². The number of fused-ring (bicyclic) bond motifs is 1. The van der Waals surface area contributed by atoms with Gasteiger partial charge in [0.2, 0.25) is 0 Å². The molecule has 3 fully saturated rings. The number of hydrogen-bond donors (Lipinski definition) is 0. The van der Waals surface area contributed by atoms with Crippen molar-refractivity contribution in [1.29, 1.82) is 0 Å². The van der Waals surface area contributed by atoms with E-state index in [-0.39, 0.29) is 0 Å². The topological polar surface area (TPSA) is 3.24 Å². The summed E-state index contributed by atoms with van der Waals surface area (Å²) >= 11 is 0. The van der Waals surface area contributed by atoms with Crippen LogP contribution in [0.15, 0.2) is 0 Å². The van der Waals surface area contributed by atoms with E-state index in [1.165, 1.54) is 58.2 Å². The molecule has 0 N–H and O–H groups in total. The maximum absolute atomic E-state index is 2.83. The Morgan fingerprint density at radius 2 is 1.58 bits per heavy atom. The molecule has 1 saturated heterocycles. The van der Waals surface area contributed by atoms with Crippen molar-refractivity contribution in [3.63, 3.8) is 0 Å². The van der Waals surface area contributed by atoms with Crippen molar-refractivity contribution in [3.8, 4) is 0 Å². The average molecular weight is 263 g/mol. The molecule has 3 rings (SSSR count). The van der Waals surface area contributed by atoms with Gasteiger partial charge in [-0.05, 0) is 67.7 Å². The first kappa shape index (κ1) is 13.9. The highest BCUT2D eigenvalue weighted by atomic mass is 15.1. The lowest BCUT2D eigenvalue weighted by molar-refractivity contribution is 0.0744. The van der Waals surface area contributed by atoms with E-state index < -0.39 is 0 Å². The van der Waals surface area contributed by atoms with Crippen molar-refractivity contribution in [2.45, 2.75) is 59.3 Å². The maximum atomic E-state index is 2.83. The van der Waals surface area contributed by atoms with Crippen LogP contribution >= 0.6 is 0 Å². The summed E-state index contributed by atoms with van der Waals surface area (Å²) in [7, 11) is 0. The largest absolute Gasteiger partial charge is 0.303 e. The third kappa shape index (κ3) is 3.01. The summed E-state index contributed by atoms with van der Waals surface area (Å²) in [6.45, 7) is 11.7. The van der Waals surface area contributed by atoms with Gasteiger partial charge in [0.05, 0.1) is 0 Å². The predicted octanol–water partition coefficient (Wildman–Crippen LogP) is 4.43. The van der Waals surface area contributed by atoms with Crippen LogP contribution in [-0.2, 0) is 0 Å². The van der Waals surface area contributed by atoms with Crippen molar-refractivity contribution in [2.24, 2.45) is 35.5 Å². The molecule has 0 bridgehead atoms. The summed E-state index contributed by atoms with van der Waals surface area (Å²) in [4.78, 5) is 2.83.